The lowest BCUT2D eigenvalue weighted by atomic mass is 9.83. The van der Waals surface area contributed by atoms with Crippen molar-refractivity contribution in [3.8, 4) is 5.75 Å². The van der Waals surface area contributed by atoms with Crippen LogP contribution in [0.5, 0.6) is 5.75 Å². The summed E-state index contributed by atoms with van der Waals surface area (Å²) in [6, 6.07) is 16.8. The van der Waals surface area contributed by atoms with Gasteiger partial charge in [-0.05, 0) is 40.4 Å². The Labute approximate surface area is 128 Å². The molecule has 0 fully saturated rings. The van der Waals surface area contributed by atoms with Crippen LogP contribution in [0.2, 0.25) is 0 Å². The van der Waals surface area contributed by atoms with Gasteiger partial charge in [-0.25, -0.2) is 0 Å². The highest BCUT2D eigenvalue weighted by atomic mass is 32.1. The van der Waals surface area contributed by atoms with Gasteiger partial charge in [-0.2, -0.15) is 0 Å². The van der Waals surface area contributed by atoms with Crippen molar-refractivity contribution in [2.75, 3.05) is 6.61 Å². The zero-order chi connectivity index (χ0) is 14.2. The van der Waals surface area contributed by atoms with Crippen molar-refractivity contribution in [2.45, 2.75) is 18.4 Å². The molecule has 4 rings (SSSR count). The van der Waals surface area contributed by atoms with E-state index < -0.39 is 0 Å². The Bertz CT molecular complexity index is 779. The lowest BCUT2D eigenvalue weighted by Gasteiger charge is -2.30. The minimum absolute atomic E-state index is 0.0196. The molecule has 1 aliphatic rings. The van der Waals surface area contributed by atoms with E-state index in [0.717, 1.165) is 18.8 Å². The summed E-state index contributed by atoms with van der Waals surface area (Å²) in [7, 11) is 0. The largest absolute Gasteiger partial charge is 0.493 e. The maximum absolute atomic E-state index is 6.65. The van der Waals surface area contributed by atoms with Gasteiger partial charge in [0.15, 0.2) is 0 Å². The van der Waals surface area contributed by atoms with Crippen LogP contribution in [0.15, 0.2) is 53.9 Å². The Morgan fingerprint density at radius 1 is 1.10 bits per heavy atom. The molecule has 0 saturated heterocycles. The van der Waals surface area contributed by atoms with E-state index >= 15 is 0 Å². The number of fused-ring (bicyclic) bond motifs is 2. The first kappa shape index (κ1) is 12.9. The number of hydrogen-bond donors (Lipinski definition) is 1. The van der Waals surface area contributed by atoms with Gasteiger partial charge < -0.3 is 10.5 Å². The smallest absolute Gasteiger partial charge is 0.122 e. The van der Waals surface area contributed by atoms with Crippen molar-refractivity contribution in [3.05, 3.63) is 65.0 Å². The van der Waals surface area contributed by atoms with Crippen LogP contribution in [-0.2, 0) is 0 Å². The van der Waals surface area contributed by atoms with Gasteiger partial charge in [0.05, 0.1) is 6.61 Å². The summed E-state index contributed by atoms with van der Waals surface area (Å²) in [5.41, 5.74) is 9.15. The van der Waals surface area contributed by atoms with Crippen molar-refractivity contribution in [2.24, 2.45) is 5.73 Å². The minimum Gasteiger partial charge on any atom is -0.493 e. The summed E-state index contributed by atoms with van der Waals surface area (Å²) >= 11 is 1.78. The third-order valence-electron chi connectivity index (χ3n) is 4.31. The molecule has 2 N–H and O–H groups in total. The lowest BCUT2D eigenvalue weighted by Crippen LogP contribution is -2.25. The summed E-state index contributed by atoms with van der Waals surface area (Å²) in [5, 5.41) is 3.51. The Hall–Kier alpha value is -1.84. The monoisotopic (exact) mass is 295 g/mol. The number of nitrogens with two attached hydrogens (primary N) is 1. The molecule has 2 aromatic carbocycles. The molecular weight excluding hydrogens is 278 g/mol. The Morgan fingerprint density at radius 3 is 2.86 bits per heavy atom. The van der Waals surface area contributed by atoms with Gasteiger partial charge in [0.2, 0.25) is 0 Å². The van der Waals surface area contributed by atoms with Gasteiger partial charge in [-0.1, -0.05) is 36.4 Å². The second-order valence-electron chi connectivity index (χ2n) is 5.49. The predicted octanol–water partition coefficient (Wildman–Crippen LogP) is 4.47. The lowest BCUT2D eigenvalue weighted by molar-refractivity contribution is 0.256. The topological polar surface area (TPSA) is 35.2 Å². The van der Waals surface area contributed by atoms with Crippen molar-refractivity contribution in [1.82, 2.24) is 0 Å². The molecule has 2 atom stereocenters. The maximum Gasteiger partial charge on any atom is 0.122 e. The van der Waals surface area contributed by atoms with Gasteiger partial charge >= 0.3 is 0 Å². The average Bonchev–Trinajstić information content (AvgIpc) is 2.98. The molecule has 0 bridgehead atoms. The highest BCUT2D eigenvalue weighted by molar-refractivity contribution is 7.17. The first-order valence-electron chi connectivity index (χ1n) is 7.28. The first-order chi connectivity index (χ1) is 10.3. The molecule has 1 aliphatic heterocycles. The van der Waals surface area contributed by atoms with Crippen LogP contribution in [0.1, 0.15) is 29.5 Å². The fraction of sp³-hybridized carbons (Fsp3) is 0.222. The molecule has 2 unspecified atom stereocenters. The fourth-order valence-electron chi connectivity index (χ4n) is 3.22. The first-order valence-corrected chi connectivity index (χ1v) is 8.16. The van der Waals surface area contributed by atoms with E-state index in [-0.39, 0.29) is 6.04 Å². The van der Waals surface area contributed by atoms with Crippen LogP contribution in [0.25, 0.3) is 10.1 Å². The van der Waals surface area contributed by atoms with Gasteiger partial charge in [0.25, 0.3) is 0 Å². The third kappa shape index (κ3) is 2.13. The Morgan fingerprint density at radius 2 is 1.90 bits per heavy atom. The molecule has 3 aromatic rings. The summed E-state index contributed by atoms with van der Waals surface area (Å²) in [4.78, 5) is 0. The molecule has 0 amide bonds. The molecule has 2 heterocycles. The zero-order valence-corrected chi connectivity index (χ0v) is 12.5. The van der Waals surface area contributed by atoms with E-state index in [1.54, 1.807) is 11.3 Å². The maximum atomic E-state index is 6.65. The highest BCUT2D eigenvalue weighted by Gasteiger charge is 2.28. The van der Waals surface area contributed by atoms with Crippen LogP contribution in [0.4, 0.5) is 0 Å². The van der Waals surface area contributed by atoms with E-state index in [2.05, 4.69) is 41.8 Å². The van der Waals surface area contributed by atoms with Crippen LogP contribution in [0, 0.1) is 0 Å². The zero-order valence-electron chi connectivity index (χ0n) is 11.7. The molecule has 2 nitrogen and oxygen atoms in total. The second-order valence-corrected chi connectivity index (χ2v) is 6.41. The molecule has 21 heavy (non-hydrogen) atoms. The highest BCUT2D eigenvalue weighted by Crippen LogP contribution is 2.42. The summed E-state index contributed by atoms with van der Waals surface area (Å²) in [5.74, 6) is 1.32. The van der Waals surface area contributed by atoms with Crippen LogP contribution in [-0.4, -0.2) is 6.61 Å². The number of ether oxygens (including phenoxy) is 1. The van der Waals surface area contributed by atoms with E-state index in [1.165, 1.54) is 21.2 Å². The van der Waals surface area contributed by atoms with Crippen molar-refractivity contribution >= 4 is 21.4 Å². The van der Waals surface area contributed by atoms with E-state index in [9.17, 15) is 0 Å². The van der Waals surface area contributed by atoms with E-state index in [1.807, 2.05) is 12.1 Å². The third-order valence-corrected chi connectivity index (χ3v) is 5.29. The molecule has 0 aliphatic carbocycles. The standard InChI is InChI=1S/C18H17NOS/c19-18(15-11-21-17-8-4-2-6-13(15)17)14-9-10-20-16-7-3-1-5-12(14)16/h1-8,11,14,18H,9-10,19H2. The fourth-order valence-corrected chi connectivity index (χ4v) is 4.22. The molecule has 3 heteroatoms. The quantitative estimate of drug-likeness (QED) is 0.757. The van der Waals surface area contributed by atoms with Gasteiger partial charge in [-0.15, -0.1) is 11.3 Å². The number of para-hydroxylation sites is 1. The molecular formula is C18H17NOS. The van der Waals surface area contributed by atoms with Crippen LogP contribution in [0.3, 0.4) is 0 Å². The van der Waals surface area contributed by atoms with Crippen LogP contribution >= 0.6 is 11.3 Å². The normalized spacial score (nSPS) is 19.0. The van der Waals surface area contributed by atoms with Gasteiger partial charge in [-0.3, -0.25) is 0 Å². The number of rotatable bonds is 2. The van der Waals surface area contributed by atoms with Crippen molar-refractivity contribution in [1.29, 1.82) is 0 Å². The van der Waals surface area contributed by atoms with E-state index in [4.69, 9.17) is 10.5 Å². The SMILES string of the molecule is NC(c1csc2ccccc12)C1CCOc2ccccc21. The minimum atomic E-state index is 0.0196. The molecule has 0 saturated carbocycles. The van der Waals surface area contributed by atoms with Crippen molar-refractivity contribution < 1.29 is 4.74 Å². The molecule has 1 aromatic heterocycles. The summed E-state index contributed by atoms with van der Waals surface area (Å²) in [6.45, 7) is 0.747. The number of thiophene rings is 1. The predicted molar refractivity (Wildman–Crippen MR) is 88.0 cm³/mol. The van der Waals surface area contributed by atoms with Crippen LogP contribution < -0.4 is 10.5 Å². The summed E-state index contributed by atoms with van der Waals surface area (Å²) < 4.78 is 7.06. The van der Waals surface area contributed by atoms with Gasteiger partial charge in [0.1, 0.15) is 5.75 Å². The molecule has 0 spiro atoms. The van der Waals surface area contributed by atoms with E-state index in [0.29, 0.717) is 5.92 Å². The molecule has 106 valence electrons. The Kier molecular flexibility index (Phi) is 3.17. The number of benzene rings is 2. The Balaban J connectivity index is 1.77. The average molecular weight is 295 g/mol. The van der Waals surface area contributed by atoms with Gasteiger partial charge in [0, 0.05) is 16.7 Å². The molecule has 0 radical (unpaired) electrons. The summed E-state index contributed by atoms with van der Waals surface area (Å²) in [6.07, 6.45) is 0.975. The number of hydrogen-bond acceptors (Lipinski definition) is 3. The van der Waals surface area contributed by atoms with Crippen molar-refractivity contribution in [3.63, 3.8) is 0 Å². The second kappa shape index (κ2) is 5.17.